The van der Waals surface area contributed by atoms with Crippen molar-refractivity contribution in [1.82, 2.24) is 0 Å². The number of rotatable bonds is 5. The van der Waals surface area contributed by atoms with Crippen LogP contribution in [0.25, 0.3) is 6.08 Å². The summed E-state index contributed by atoms with van der Waals surface area (Å²) in [5.74, 6) is 1.29. The number of carbonyl (C=O) groups is 1. The molecule has 0 saturated carbocycles. The van der Waals surface area contributed by atoms with Gasteiger partial charge in [0.2, 0.25) is 0 Å². The standard InChI is InChI=1S/C16H19NO3/c1-4-19-13-7-5-6-12(9-13)10-14-16(18)20-15(17-14)8-11(2)3/h5-7,9-11H,4,8H2,1-3H3/b14-10+. The predicted molar refractivity (Wildman–Crippen MR) is 78.6 cm³/mol. The van der Waals surface area contributed by atoms with Crippen LogP contribution in [-0.4, -0.2) is 18.5 Å². The number of cyclic esters (lactones) is 1. The minimum atomic E-state index is -0.387. The Bertz CT molecular complexity index is 559. The largest absolute Gasteiger partial charge is 0.494 e. The highest BCUT2D eigenvalue weighted by Crippen LogP contribution is 2.21. The summed E-state index contributed by atoms with van der Waals surface area (Å²) in [5, 5.41) is 0. The van der Waals surface area contributed by atoms with Gasteiger partial charge in [-0.15, -0.1) is 0 Å². The average Bonchev–Trinajstić information content (AvgIpc) is 2.69. The van der Waals surface area contributed by atoms with Gasteiger partial charge in [0.15, 0.2) is 11.6 Å². The zero-order chi connectivity index (χ0) is 14.5. The fourth-order valence-electron chi connectivity index (χ4n) is 1.91. The molecule has 1 aromatic carbocycles. The second kappa shape index (κ2) is 6.37. The summed E-state index contributed by atoms with van der Waals surface area (Å²) in [6.07, 6.45) is 2.39. The number of esters is 1. The molecule has 106 valence electrons. The van der Waals surface area contributed by atoms with E-state index in [4.69, 9.17) is 9.47 Å². The average molecular weight is 273 g/mol. The van der Waals surface area contributed by atoms with Crippen LogP contribution in [0.5, 0.6) is 5.75 Å². The van der Waals surface area contributed by atoms with E-state index < -0.39 is 0 Å². The lowest BCUT2D eigenvalue weighted by Gasteiger charge is -2.03. The molecule has 20 heavy (non-hydrogen) atoms. The zero-order valence-electron chi connectivity index (χ0n) is 12.1. The van der Waals surface area contributed by atoms with Gasteiger partial charge in [-0.25, -0.2) is 9.79 Å². The van der Waals surface area contributed by atoms with Gasteiger partial charge in [0, 0.05) is 6.42 Å². The quantitative estimate of drug-likeness (QED) is 0.610. The first-order valence-corrected chi connectivity index (χ1v) is 6.82. The maximum atomic E-state index is 11.7. The number of benzene rings is 1. The van der Waals surface area contributed by atoms with Crippen molar-refractivity contribution in [3.8, 4) is 5.75 Å². The van der Waals surface area contributed by atoms with Crippen molar-refractivity contribution in [2.75, 3.05) is 6.61 Å². The zero-order valence-corrected chi connectivity index (χ0v) is 12.1. The van der Waals surface area contributed by atoms with Gasteiger partial charge in [-0.3, -0.25) is 0 Å². The van der Waals surface area contributed by atoms with Crippen molar-refractivity contribution in [3.05, 3.63) is 35.5 Å². The molecule has 0 spiro atoms. The first kappa shape index (κ1) is 14.3. The van der Waals surface area contributed by atoms with E-state index in [1.807, 2.05) is 31.2 Å². The second-order valence-electron chi connectivity index (χ2n) is 5.03. The topological polar surface area (TPSA) is 47.9 Å². The molecule has 0 N–H and O–H groups in total. The molecule has 0 amide bonds. The van der Waals surface area contributed by atoms with Crippen LogP contribution in [0.4, 0.5) is 0 Å². The fourth-order valence-corrected chi connectivity index (χ4v) is 1.91. The minimum absolute atomic E-state index is 0.342. The Balaban J connectivity index is 2.19. The number of nitrogens with zero attached hydrogens (tertiary/aromatic N) is 1. The van der Waals surface area contributed by atoms with Gasteiger partial charge in [0.25, 0.3) is 0 Å². The molecule has 0 fully saturated rings. The molecule has 1 aromatic rings. The maximum Gasteiger partial charge on any atom is 0.363 e. The van der Waals surface area contributed by atoms with E-state index >= 15 is 0 Å². The van der Waals surface area contributed by atoms with Crippen LogP contribution in [-0.2, 0) is 9.53 Å². The Morgan fingerprint density at radius 3 is 2.90 bits per heavy atom. The van der Waals surface area contributed by atoms with E-state index in [0.29, 0.717) is 30.5 Å². The Morgan fingerprint density at radius 1 is 1.40 bits per heavy atom. The summed E-state index contributed by atoms with van der Waals surface area (Å²) in [5.41, 5.74) is 1.21. The van der Waals surface area contributed by atoms with E-state index in [2.05, 4.69) is 18.8 Å². The van der Waals surface area contributed by atoms with Crippen molar-refractivity contribution in [3.63, 3.8) is 0 Å². The monoisotopic (exact) mass is 273 g/mol. The summed E-state index contributed by atoms with van der Waals surface area (Å²) < 4.78 is 10.6. The van der Waals surface area contributed by atoms with Gasteiger partial charge in [0.1, 0.15) is 5.75 Å². The first-order valence-electron chi connectivity index (χ1n) is 6.82. The number of carbonyl (C=O) groups excluding carboxylic acids is 1. The minimum Gasteiger partial charge on any atom is -0.494 e. The van der Waals surface area contributed by atoms with Crippen molar-refractivity contribution < 1.29 is 14.3 Å². The van der Waals surface area contributed by atoms with Crippen LogP contribution >= 0.6 is 0 Å². The van der Waals surface area contributed by atoms with E-state index in [1.54, 1.807) is 6.08 Å². The van der Waals surface area contributed by atoms with Gasteiger partial charge in [-0.2, -0.15) is 0 Å². The lowest BCUT2D eigenvalue weighted by Crippen LogP contribution is -2.06. The fraction of sp³-hybridized carbons (Fsp3) is 0.375. The van der Waals surface area contributed by atoms with E-state index in [0.717, 1.165) is 11.3 Å². The highest BCUT2D eigenvalue weighted by atomic mass is 16.6. The van der Waals surface area contributed by atoms with E-state index in [-0.39, 0.29) is 5.97 Å². The van der Waals surface area contributed by atoms with Gasteiger partial charge in [-0.1, -0.05) is 26.0 Å². The molecule has 1 aliphatic rings. The molecule has 1 heterocycles. The molecule has 0 atom stereocenters. The first-order chi connectivity index (χ1) is 9.58. The molecule has 1 aliphatic heterocycles. The molecular weight excluding hydrogens is 254 g/mol. The summed E-state index contributed by atoms with van der Waals surface area (Å²) in [6.45, 7) is 6.66. The maximum absolute atomic E-state index is 11.7. The SMILES string of the molecule is CCOc1cccc(/C=C2/N=C(CC(C)C)OC2=O)c1. The highest BCUT2D eigenvalue weighted by molar-refractivity contribution is 6.07. The normalized spacial score (nSPS) is 16.5. The third-order valence-corrected chi connectivity index (χ3v) is 2.72. The van der Waals surface area contributed by atoms with Gasteiger partial charge < -0.3 is 9.47 Å². The number of hydrogen-bond acceptors (Lipinski definition) is 4. The lowest BCUT2D eigenvalue weighted by atomic mass is 10.1. The van der Waals surface area contributed by atoms with Crippen molar-refractivity contribution in [2.24, 2.45) is 10.9 Å². The number of ether oxygens (including phenoxy) is 2. The Hall–Kier alpha value is -2.10. The summed E-state index contributed by atoms with van der Waals surface area (Å²) in [6, 6.07) is 7.54. The van der Waals surface area contributed by atoms with Gasteiger partial charge >= 0.3 is 5.97 Å². The molecule has 4 nitrogen and oxygen atoms in total. The van der Waals surface area contributed by atoms with E-state index in [9.17, 15) is 4.79 Å². The molecule has 0 unspecified atom stereocenters. The molecular formula is C16H19NO3. The Kier molecular flexibility index (Phi) is 4.56. The molecule has 0 aliphatic carbocycles. The summed E-state index contributed by atoms with van der Waals surface area (Å²) in [4.78, 5) is 16.0. The summed E-state index contributed by atoms with van der Waals surface area (Å²) in [7, 11) is 0. The number of hydrogen-bond donors (Lipinski definition) is 0. The van der Waals surface area contributed by atoms with Crippen molar-refractivity contribution in [2.45, 2.75) is 27.2 Å². The van der Waals surface area contributed by atoms with E-state index in [1.165, 1.54) is 0 Å². The molecule has 0 aromatic heterocycles. The van der Waals surface area contributed by atoms with Crippen molar-refractivity contribution in [1.29, 1.82) is 0 Å². The molecule has 2 rings (SSSR count). The molecule has 0 saturated heterocycles. The third-order valence-electron chi connectivity index (χ3n) is 2.72. The predicted octanol–water partition coefficient (Wildman–Crippen LogP) is 3.43. The van der Waals surface area contributed by atoms with Crippen LogP contribution in [0, 0.1) is 5.92 Å². The van der Waals surface area contributed by atoms with Gasteiger partial charge in [0.05, 0.1) is 6.61 Å². The smallest absolute Gasteiger partial charge is 0.363 e. The van der Waals surface area contributed by atoms with Crippen LogP contribution in [0.2, 0.25) is 0 Å². The third kappa shape index (κ3) is 3.70. The van der Waals surface area contributed by atoms with Crippen LogP contribution in [0.3, 0.4) is 0 Å². The summed E-state index contributed by atoms with van der Waals surface area (Å²) >= 11 is 0. The number of aliphatic imine (C=N–C) groups is 1. The Labute approximate surface area is 119 Å². The van der Waals surface area contributed by atoms with Crippen LogP contribution in [0.1, 0.15) is 32.8 Å². The Morgan fingerprint density at radius 2 is 2.20 bits per heavy atom. The molecule has 4 heteroatoms. The molecule has 0 bridgehead atoms. The van der Waals surface area contributed by atoms with Crippen LogP contribution < -0.4 is 4.74 Å². The van der Waals surface area contributed by atoms with Gasteiger partial charge in [-0.05, 0) is 36.6 Å². The molecule has 0 radical (unpaired) electrons. The van der Waals surface area contributed by atoms with Crippen LogP contribution in [0.15, 0.2) is 35.0 Å². The lowest BCUT2D eigenvalue weighted by molar-refractivity contribution is -0.130. The second-order valence-corrected chi connectivity index (χ2v) is 5.03. The van der Waals surface area contributed by atoms with Crippen molar-refractivity contribution >= 4 is 17.9 Å². The highest BCUT2D eigenvalue weighted by Gasteiger charge is 2.23.